The highest BCUT2D eigenvalue weighted by Crippen LogP contribution is 2.46. The lowest BCUT2D eigenvalue weighted by atomic mass is 9.88. The number of fused-ring (bicyclic) bond motifs is 3. The summed E-state index contributed by atoms with van der Waals surface area (Å²) in [5.41, 5.74) is 9.28. The van der Waals surface area contributed by atoms with Crippen molar-refractivity contribution < 1.29 is 14.4 Å². The molecule has 3 aromatic carbocycles. The summed E-state index contributed by atoms with van der Waals surface area (Å²) in [7, 11) is 1.67. The van der Waals surface area contributed by atoms with E-state index in [1.54, 1.807) is 7.11 Å². The third-order valence-corrected chi connectivity index (χ3v) is 7.15. The molecule has 1 aliphatic carbocycles. The molecule has 1 spiro atoms. The Morgan fingerprint density at radius 1 is 0.970 bits per heavy atom. The molecule has 0 radical (unpaired) electrons. The summed E-state index contributed by atoms with van der Waals surface area (Å²) in [6.07, 6.45) is 3.69. The van der Waals surface area contributed by atoms with E-state index < -0.39 is 0 Å². The number of piperidine rings is 1. The van der Waals surface area contributed by atoms with Crippen molar-refractivity contribution in [3.8, 4) is 16.9 Å². The maximum atomic E-state index is 13.7. The van der Waals surface area contributed by atoms with E-state index >= 15 is 0 Å². The summed E-state index contributed by atoms with van der Waals surface area (Å²) in [6, 6.07) is 24.5. The van der Waals surface area contributed by atoms with Gasteiger partial charge in [0.25, 0.3) is 0 Å². The van der Waals surface area contributed by atoms with Crippen LogP contribution in [-0.4, -0.2) is 36.6 Å². The molecule has 3 aromatic rings. The number of methoxy groups -OCH3 is 1. The minimum atomic E-state index is -0.388. The number of rotatable bonds is 3. The van der Waals surface area contributed by atoms with E-state index in [1.165, 1.54) is 11.1 Å². The molecule has 5 heteroatoms. The van der Waals surface area contributed by atoms with Crippen LogP contribution in [0.3, 0.4) is 0 Å². The quantitative estimate of drug-likeness (QED) is 0.642. The van der Waals surface area contributed by atoms with Crippen LogP contribution in [0, 0.1) is 0 Å². The predicted octanol–water partition coefficient (Wildman–Crippen LogP) is 4.74. The molecule has 1 fully saturated rings. The van der Waals surface area contributed by atoms with Crippen molar-refractivity contribution >= 4 is 11.6 Å². The van der Waals surface area contributed by atoms with Gasteiger partial charge in [0, 0.05) is 31.5 Å². The van der Waals surface area contributed by atoms with Crippen molar-refractivity contribution in [2.45, 2.75) is 24.4 Å². The fourth-order valence-corrected chi connectivity index (χ4v) is 5.37. The van der Waals surface area contributed by atoms with Crippen LogP contribution in [0.25, 0.3) is 16.8 Å². The van der Waals surface area contributed by atoms with Crippen LogP contribution in [0.4, 0.5) is 0 Å². The van der Waals surface area contributed by atoms with Gasteiger partial charge in [0.1, 0.15) is 11.4 Å². The van der Waals surface area contributed by atoms with E-state index in [0.717, 1.165) is 41.0 Å². The Labute approximate surface area is 193 Å². The van der Waals surface area contributed by atoms with E-state index in [1.807, 2.05) is 53.4 Å². The monoisotopic (exact) mass is 438 g/mol. The molecular formula is C28H26N2O3. The molecule has 1 saturated heterocycles. The number of ether oxygens (including phenoxy) is 1. The number of likely N-dealkylation sites (tertiary alicyclic amines) is 1. The van der Waals surface area contributed by atoms with Gasteiger partial charge in [0.15, 0.2) is 0 Å². The first-order valence-corrected chi connectivity index (χ1v) is 11.5. The van der Waals surface area contributed by atoms with Gasteiger partial charge in [-0.05, 0) is 40.5 Å². The van der Waals surface area contributed by atoms with Crippen molar-refractivity contribution in [1.82, 2.24) is 10.4 Å². The molecule has 166 valence electrons. The second-order valence-electron chi connectivity index (χ2n) is 8.99. The second-order valence-corrected chi connectivity index (χ2v) is 8.99. The number of carbonyl (C=O) groups excluding carboxylic acids is 1. The lowest BCUT2D eigenvalue weighted by Gasteiger charge is -2.38. The Kier molecular flexibility index (Phi) is 4.73. The Hall–Kier alpha value is -3.57. The highest BCUT2D eigenvalue weighted by atomic mass is 16.7. The smallest absolute Gasteiger partial charge is 0.234 e. The summed E-state index contributed by atoms with van der Waals surface area (Å²) in [4.78, 5) is 21.8. The highest BCUT2D eigenvalue weighted by Gasteiger charge is 2.42. The predicted molar refractivity (Wildman–Crippen MR) is 127 cm³/mol. The van der Waals surface area contributed by atoms with Crippen LogP contribution in [0.5, 0.6) is 5.75 Å². The van der Waals surface area contributed by atoms with Gasteiger partial charge in [-0.15, -0.1) is 0 Å². The number of hydroxylamine groups is 1. The van der Waals surface area contributed by atoms with E-state index in [9.17, 15) is 4.79 Å². The van der Waals surface area contributed by atoms with Crippen LogP contribution < -0.4 is 10.2 Å². The van der Waals surface area contributed by atoms with E-state index in [-0.39, 0.29) is 17.4 Å². The van der Waals surface area contributed by atoms with Crippen molar-refractivity contribution in [3.05, 3.63) is 95.6 Å². The van der Waals surface area contributed by atoms with Gasteiger partial charge < -0.3 is 9.64 Å². The standard InChI is InChI=1S/C28H26N2O3/c1-32-20-8-6-7-19(17-20)25-18-28(33-29-25)13-15-30(16-14-28)27(31)26-23-11-4-2-9-21(23)22-10-3-5-12-24(22)26/h2-12,17-18,26,29H,13-16H2,1H3. The molecule has 0 aromatic heterocycles. The van der Waals surface area contributed by atoms with Crippen LogP contribution in [0.2, 0.25) is 0 Å². The number of benzene rings is 3. The average Bonchev–Trinajstić information content (AvgIpc) is 3.44. The third kappa shape index (κ3) is 3.31. The lowest BCUT2D eigenvalue weighted by Crippen LogP contribution is -2.48. The number of carbonyl (C=O) groups is 1. The van der Waals surface area contributed by atoms with Gasteiger partial charge in [-0.2, -0.15) is 0 Å². The van der Waals surface area contributed by atoms with Gasteiger partial charge >= 0.3 is 0 Å². The molecule has 0 unspecified atom stereocenters. The maximum Gasteiger partial charge on any atom is 0.234 e. The number of nitrogens with zero attached hydrogens (tertiary/aromatic N) is 1. The minimum Gasteiger partial charge on any atom is -0.497 e. The van der Waals surface area contributed by atoms with E-state index in [0.29, 0.717) is 13.1 Å². The molecule has 1 N–H and O–H groups in total. The molecule has 2 aliphatic heterocycles. The molecule has 0 bridgehead atoms. The Morgan fingerprint density at radius 2 is 1.64 bits per heavy atom. The molecule has 6 rings (SSSR count). The second kappa shape index (κ2) is 7.78. The number of nitrogens with one attached hydrogen (secondary N) is 1. The summed E-state index contributed by atoms with van der Waals surface area (Å²) >= 11 is 0. The lowest BCUT2D eigenvalue weighted by molar-refractivity contribution is -0.137. The zero-order chi connectivity index (χ0) is 22.4. The number of amides is 1. The largest absolute Gasteiger partial charge is 0.497 e. The van der Waals surface area contributed by atoms with Crippen molar-refractivity contribution in [2.24, 2.45) is 0 Å². The van der Waals surface area contributed by atoms with Gasteiger partial charge in [0.05, 0.1) is 18.7 Å². The van der Waals surface area contributed by atoms with E-state index in [4.69, 9.17) is 9.57 Å². The van der Waals surface area contributed by atoms with E-state index in [2.05, 4.69) is 35.8 Å². The molecule has 1 amide bonds. The van der Waals surface area contributed by atoms with Gasteiger partial charge in [-0.1, -0.05) is 60.7 Å². The van der Waals surface area contributed by atoms with Crippen LogP contribution in [-0.2, 0) is 9.63 Å². The summed E-state index contributed by atoms with van der Waals surface area (Å²) in [6.45, 7) is 1.34. The molecule has 2 heterocycles. The third-order valence-electron chi connectivity index (χ3n) is 7.15. The Balaban J connectivity index is 1.21. The zero-order valence-electron chi connectivity index (χ0n) is 18.6. The molecule has 0 atom stereocenters. The van der Waals surface area contributed by atoms with Crippen LogP contribution in [0.15, 0.2) is 78.9 Å². The molecule has 33 heavy (non-hydrogen) atoms. The van der Waals surface area contributed by atoms with Crippen molar-refractivity contribution in [1.29, 1.82) is 0 Å². The fraction of sp³-hybridized carbons (Fsp3) is 0.250. The highest BCUT2D eigenvalue weighted by molar-refractivity contribution is 5.96. The first kappa shape index (κ1) is 20.1. The fourth-order valence-electron chi connectivity index (χ4n) is 5.37. The summed E-state index contributed by atoms with van der Waals surface area (Å²) < 4.78 is 5.35. The minimum absolute atomic E-state index is 0.185. The zero-order valence-corrected chi connectivity index (χ0v) is 18.6. The first-order chi connectivity index (χ1) is 16.2. The maximum absolute atomic E-state index is 13.7. The summed E-state index contributed by atoms with van der Waals surface area (Å²) in [5.74, 6) is 0.774. The van der Waals surface area contributed by atoms with Crippen molar-refractivity contribution in [2.75, 3.05) is 20.2 Å². The topological polar surface area (TPSA) is 50.8 Å². The molecule has 3 aliphatic rings. The SMILES string of the molecule is COc1cccc(C2=CC3(CCN(C(=O)C4c5ccccc5-c5ccccc54)CC3)ON2)c1. The van der Waals surface area contributed by atoms with Crippen molar-refractivity contribution in [3.63, 3.8) is 0 Å². The normalized spacial score (nSPS) is 18.5. The van der Waals surface area contributed by atoms with Gasteiger partial charge in [0.2, 0.25) is 5.91 Å². The number of hydrogen-bond donors (Lipinski definition) is 1. The first-order valence-electron chi connectivity index (χ1n) is 11.5. The van der Waals surface area contributed by atoms with Crippen LogP contribution >= 0.6 is 0 Å². The molecule has 5 nitrogen and oxygen atoms in total. The Morgan fingerprint density at radius 3 is 2.30 bits per heavy atom. The van der Waals surface area contributed by atoms with Crippen LogP contribution in [0.1, 0.15) is 35.4 Å². The van der Waals surface area contributed by atoms with Gasteiger partial charge in [-0.3, -0.25) is 15.1 Å². The summed E-state index contributed by atoms with van der Waals surface area (Å²) in [5, 5.41) is 0. The molecule has 0 saturated carbocycles. The number of hydrogen-bond acceptors (Lipinski definition) is 4. The Bertz CT molecular complexity index is 1210. The van der Waals surface area contributed by atoms with Gasteiger partial charge in [-0.25, -0.2) is 0 Å². The average molecular weight is 439 g/mol. The molecular weight excluding hydrogens is 412 g/mol.